The molecule has 0 aliphatic carbocycles. The van der Waals surface area contributed by atoms with E-state index in [0.717, 1.165) is 87.8 Å². The molecular weight excluding hydrogens is 936 g/mol. The van der Waals surface area contributed by atoms with Gasteiger partial charge in [0, 0.05) is 25.5 Å². The molecule has 1 aliphatic rings. The number of aliphatic hydroxyl groups is 2. The number of ether oxygens (including phenoxy) is 3. The number of hydrogen-bond donors (Lipinski definition) is 5. The van der Waals surface area contributed by atoms with Crippen molar-refractivity contribution >= 4 is 39.2 Å². The maximum atomic E-state index is 12.8. The first-order valence-electron chi connectivity index (χ1n) is 24.3. The van der Waals surface area contributed by atoms with Gasteiger partial charge in [0.2, 0.25) is 0 Å². The van der Waals surface area contributed by atoms with Crippen LogP contribution < -0.4 is 11.4 Å². The van der Waals surface area contributed by atoms with Gasteiger partial charge in [-0.25, -0.2) is 13.9 Å². The Bertz CT molecular complexity index is 1950. The predicted molar refractivity (Wildman–Crippen MR) is 261 cm³/mol. The third-order valence-electron chi connectivity index (χ3n) is 10.6. The molecule has 0 radical (unpaired) electrons. The van der Waals surface area contributed by atoms with Crippen molar-refractivity contribution in [3.63, 3.8) is 0 Å². The monoisotopic (exact) mass is 1010 g/mol. The lowest BCUT2D eigenvalue weighted by molar-refractivity contribution is -0.161. The van der Waals surface area contributed by atoms with Crippen LogP contribution in [0.3, 0.4) is 0 Å². The number of esters is 2. The van der Waals surface area contributed by atoms with E-state index in [1.807, 2.05) is 18.2 Å². The van der Waals surface area contributed by atoms with Gasteiger partial charge in [0.25, 0.3) is 0 Å². The highest BCUT2D eigenvalue weighted by Gasteiger charge is 2.46. The van der Waals surface area contributed by atoms with Gasteiger partial charge in [0.15, 0.2) is 18.1 Å². The van der Waals surface area contributed by atoms with Gasteiger partial charge in [-0.05, 0) is 82.8 Å². The zero-order valence-electron chi connectivity index (χ0n) is 40.3. The fraction of sp³-hybridized carbons (Fsp3) is 0.646. The number of nitrogen functional groups attached to an aromatic ring is 1. The Morgan fingerprint density at radius 2 is 1.30 bits per heavy atom. The van der Waals surface area contributed by atoms with Crippen LogP contribution in [0.2, 0.25) is 0 Å². The van der Waals surface area contributed by atoms with Gasteiger partial charge in [-0.3, -0.25) is 28.0 Å². The van der Waals surface area contributed by atoms with Crippen LogP contribution in [-0.4, -0.2) is 91.5 Å². The SMILES string of the molecule is CCCCC/C=C\C/C=C\C/C=C\CCCCC(=O)OC[C@H](COP(=O)(O)OP(=O)(O)OC[C@H]1O[C@@H](n2ccc(N)nc2=O)[C@H](O)[C@@H]1O)OC(=O)CCCCCCC/C=C\C=C\C(=O)CCCCC. The first-order valence-corrected chi connectivity index (χ1v) is 27.2. The Labute approximate surface area is 407 Å². The Morgan fingerprint density at radius 1 is 0.739 bits per heavy atom. The van der Waals surface area contributed by atoms with Crippen molar-refractivity contribution in [2.24, 2.45) is 0 Å². The molecule has 0 spiro atoms. The molecule has 2 heterocycles. The normalized spacial score (nSPS) is 19.8. The number of nitrogens with two attached hydrogens (primary N) is 1. The van der Waals surface area contributed by atoms with Gasteiger partial charge in [-0.2, -0.15) is 9.29 Å². The van der Waals surface area contributed by atoms with Crippen molar-refractivity contribution < 1.29 is 71.1 Å². The molecule has 19 nitrogen and oxygen atoms in total. The molecule has 2 rings (SSSR count). The number of phosphoric acid groups is 2. The Kier molecular flexibility index (Phi) is 32.1. The molecule has 6 N–H and O–H groups in total. The van der Waals surface area contributed by atoms with Crippen LogP contribution in [0.25, 0.3) is 0 Å². The molecule has 0 aromatic carbocycles. The molecule has 0 bridgehead atoms. The average Bonchev–Trinajstić information content (AvgIpc) is 3.58. The fourth-order valence-corrected chi connectivity index (χ4v) is 8.82. The number of nitrogens with zero attached hydrogens (tertiary/aromatic N) is 2. The highest BCUT2D eigenvalue weighted by atomic mass is 31.3. The molecule has 7 atom stereocenters. The second-order valence-corrected chi connectivity index (χ2v) is 19.7. The van der Waals surface area contributed by atoms with Crippen LogP contribution in [0.4, 0.5) is 5.82 Å². The number of aliphatic hydroxyl groups excluding tert-OH is 2. The van der Waals surface area contributed by atoms with Gasteiger partial charge in [0.05, 0.1) is 13.2 Å². The van der Waals surface area contributed by atoms with Gasteiger partial charge >= 0.3 is 33.3 Å². The Balaban J connectivity index is 1.86. The second kappa shape index (κ2) is 36.1. The minimum Gasteiger partial charge on any atom is -0.462 e. The van der Waals surface area contributed by atoms with Crippen molar-refractivity contribution in [2.75, 3.05) is 25.6 Å². The maximum Gasteiger partial charge on any atom is 0.481 e. The molecule has 1 saturated heterocycles. The van der Waals surface area contributed by atoms with E-state index in [4.69, 9.17) is 29.0 Å². The van der Waals surface area contributed by atoms with E-state index in [-0.39, 0.29) is 24.4 Å². The highest BCUT2D eigenvalue weighted by Crippen LogP contribution is 2.60. The Morgan fingerprint density at radius 3 is 2.00 bits per heavy atom. The van der Waals surface area contributed by atoms with E-state index in [2.05, 4.69) is 53.5 Å². The molecule has 69 heavy (non-hydrogen) atoms. The van der Waals surface area contributed by atoms with Crippen molar-refractivity contribution in [1.29, 1.82) is 0 Å². The molecule has 21 heteroatoms. The number of unbranched alkanes of at least 4 members (excludes halogenated alkanes) is 12. The zero-order chi connectivity index (χ0) is 50.8. The molecular formula is C48H77N3O16P2. The summed E-state index contributed by atoms with van der Waals surface area (Å²) in [7, 11) is -10.9. The minimum atomic E-state index is -5.45. The fourth-order valence-electron chi connectivity index (χ4n) is 6.71. The summed E-state index contributed by atoms with van der Waals surface area (Å²) in [6.45, 7) is 1.88. The van der Waals surface area contributed by atoms with Crippen molar-refractivity contribution in [3.8, 4) is 0 Å². The molecule has 1 aromatic heterocycles. The Hall–Kier alpha value is -3.87. The summed E-state index contributed by atoms with van der Waals surface area (Å²) in [6.07, 6.45) is 30.1. The minimum absolute atomic E-state index is 0.0119. The number of carbonyl (C=O) groups excluding carboxylic acids is 3. The van der Waals surface area contributed by atoms with Crippen LogP contribution >= 0.6 is 15.6 Å². The van der Waals surface area contributed by atoms with Crippen LogP contribution in [-0.2, 0) is 51.1 Å². The molecule has 2 unspecified atom stereocenters. The van der Waals surface area contributed by atoms with E-state index in [9.17, 15) is 48.3 Å². The summed E-state index contributed by atoms with van der Waals surface area (Å²) >= 11 is 0. The number of carbonyl (C=O) groups is 3. The molecule has 1 aliphatic heterocycles. The predicted octanol–water partition coefficient (Wildman–Crippen LogP) is 8.73. The quantitative estimate of drug-likeness (QED) is 0.0103. The average molecular weight is 1010 g/mol. The lowest BCUT2D eigenvalue weighted by Gasteiger charge is -2.21. The summed E-state index contributed by atoms with van der Waals surface area (Å²) < 4.78 is 56.6. The number of rotatable bonds is 39. The summed E-state index contributed by atoms with van der Waals surface area (Å²) in [4.78, 5) is 73.6. The van der Waals surface area contributed by atoms with E-state index in [1.54, 1.807) is 12.2 Å². The van der Waals surface area contributed by atoms with Crippen LogP contribution in [0.15, 0.2) is 77.8 Å². The van der Waals surface area contributed by atoms with E-state index >= 15 is 0 Å². The third-order valence-corrected chi connectivity index (χ3v) is 13.2. The summed E-state index contributed by atoms with van der Waals surface area (Å²) in [5.41, 5.74) is 4.57. The van der Waals surface area contributed by atoms with Gasteiger partial charge in [0.1, 0.15) is 30.7 Å². The molecule has 390 valence electrons. The van der Waals surface area contributed by atoms with Gasteiger partial charge < -0.3 is 39.9 Å². The lowest BCUT2D eigenvalue weighted by Crippen LogP contribution is -2.36. The zero-order valence-corrected chi connectivity index (χ0v) is 42.1. The molecule has 1 fully saturated rings. The van der Waals surface area contributed by atoms with Gasteiger partial charge in [-0.1, -0.05) is 113 Å². The first-order chi connectivity index (χ1) is 33.1. The third kappa shape index (κ3) is 29.2. The van der Waals surface area contributed by atoms with E-state index in [1.165, 1.54) is 25.3 Å². The largest absolute Gasteiger partial charge is 0.481 e. The van der Waals surface area contributed by atoms with Crippen molar-refractivity contribution in [1.82, 2.24) is 9.55 Å². The number of phosphoric ester groups is 2. The van der Waals surface area contributed by atoms with Gasteiger partial charge in [-0.15, -0.1) is 0 Å². The standard InChI is InChI=1S/C48H77N3O16P2/c1-3-5-7-8-9-10-11-12-13-14-15-18-21-24-28-32-43(53)62-36-40(65-44(54)33-29-25-22-19-16-17-20-23-27-31-39(52)30-26-6-4-2)37-63-68(58,59)67-69(60,61)64-38-41-45(55)46(56)47(66-41)51-35-34-42(49)50-48(51)57/h9-10,12-13,15,18,20,23,27,31,34-35,40-41,45-47,55-56H,3-8,11,14,16-17,19,21-22,24-26,28-30,32-33,36-38H2,1-2H3,(H,58,59)(H,60,61)(H2,49,50,57)/b10-9-,13-12-,18-15-,23-20-,31-27+/t40-,41-,45-,46-,47-/m1/s1. The number of allylic oxidation sites excluding steroid dienone is 10. The summed E-state index contributed by atoms with van der Waals surface area (Å²) in [5, 5.41) is 20.9. The van der Waals surface area contributed by atoms with Crippen LogP contribution in [0, 0.1) is 0 Å². The first kappa shape index (κ1) is 61.3. The summed E-state index contributed by atoms with van der Waals surface area (Å²) in [6, 6.07) is 1.24. The number of anilines is 1. The van der Waals surface area contributed by atoms with Crippen LogP contribution in [0.1, 0.15) is 155 Å². The van der Waals surface area contributed by atoms with Crippen LogP contribution in [0.5, 0.6) is 0 Å². The number of aromatic nitrogens is 2. The number of hydrogen-bond acceptors (Lipinski definition) is 16. The molecule has 1 aromatic rings. The maximum absolute atomic E-state index is 12.8. The molecule has 0 saturated carbocycles. The van der Waals surface area contributed by atoms with Crippen molar-refractivity contribution in [2.45, 2.75) is 179 Å². The second-order valence-electron chi connectivity index (χ2n) is 16.6. The lowest BCUT2D eigenvalue weighted by atomic mass is 10.1. The van der Waals surface area contributed by atoms with Crippen molar-refractivity contribution in [3.05, 3.63) is 83.5 Å². The smallest absolute Gasteiger partial charge is 0.462 e. The van der Waals surface area contributed by atoms with E-state index < -0.39 is 83.7 Å². The molecule has 0 amide bonds. The topological polar surface area (TPSA) is 283 Å². The highest BCUT2D eigenvalue weighted by molar-refractivity contribution is 7.61. The summed E-state index contributed by atoms with van der Waals surface area (Å²) in [5.74, 6) is -1.29. The van der Waals surface area contributed by atoms with E-state index in [0.29, 0.717) is 25.7 Å². The number of ketones is 1.